The Balaban J connectivity index is 1.58. The van der Waals surface area contributed by atoms with Crippen LogP contribution >= 0.6 is 11.6 Å². The van der Waals surface area contributed by atoms with Crippen molar-refractivity contribution in [3.63, 3.8) is 0 Å². The second kappa shape index (κ2) is 6.17. The molecule has 3 atom stereocenters. The van der Waals surface area contributed by atoms with E-state index in [1.807, 2.05) is 6.07 Å². The van der Waals surface area contributed by atoms with Crippen LogP contribution in [0.5, 0.6) is 0 Å². The van der Waals surface area contributed by atoms with Crippen LogP contribution in [0.2, 0.25) is 0 Å². The van der Waals surface area contributed by atoms with Gasteiger partial charge in [-0.1, -0.05) is 30.3 Å². The number of hydrogen-bond acceptors (Lipinski definition) is 1. The summed E-state index contributed by atoms with van der Waals surface area (Å²) in [5.74, 6) is 2.38. The molecule has 1 heterocycles. The van der Waals surface area contributed by atoms with Gasteiger partial charge in [0.15, 0.2) is 0 Å². The fourth-order valence-corrected chi connectivity index (χ4v) is 3.73. The second-order valence-electron chi connectivity index (χ2n) is 6.13. The van der Waals surface area contributed by atoms with E-state index in [9.17, 15) is 4.79 Å². The summed E-state index contributed by atoms with van der Waals surface area (Å²) in [7, 11) is 0. The van der Waals surface area contributed by atoms with E-state index in [1.165, 1.54) is 12.0 Å². The molecule has 0 N–H and O–H groups in total. The largest absolute Gasteiger partial charge is 0.342 e. The third kappa shape index (κ3) is 3.01. The number of halogens is 1. The summed E-state index contributed by atoms with van der Waals surface area (Å²) in [5, 5.41) is 0. The normalized spacial score (nSPS) is 29.2. The monoisotopic (exact) mass is 291 g/mol. The predicted molar refractivity (Wildman–Crippen MR) is 81.9 cm³/mol. The van der Waals surface area contributed by atoms with Gasteiger partial charge in [-0.3, -0.25) is 4.79 Å². The van der Waals surface area contributed by atoms with E-state index in [2.05, 4.69) is 29.2 Å². The summed E-state index contributed by atoms with van der Waals surface area (Å²) in [6.45, 7) is 1.86. The molecule has 20 heavy (non-hydrogen) atoms. The van der Waals surface area contributed by atoms with E-state index in [1.54, 1.807) is 0 Å². The Labute approximate surface area is 126 Å². The fourth-order valence-electron chi connectivity index (χ4n) is 3.43. The smallest absolute Gasteiger partial charge is 0.226 e. The minimum absolute atomic E-state index is 0.229. The fraction of sp³-hybridized carbons (Fsp3) is 0.588. The zero-order valence-electron chi connectivity index (χ0n) is 11.8. The zero-order chi connectivity index (χ0) is 13.9. The van der Waals surface area contributed by atoms with Crippen molar-refractivity contribution in [1.29, 1.82) is 0 Å². The van der Waals surface area contributed by atoms with Crippen LogP contribution < -0.4 is 0 Å². The first-order valence-corrected chi connectivity index (χ1v) is 8.22. The van der Waals surface area contributed by atoms with Crippen molar-refractivity contribution in [3.05, 3.63) is 35.9 Å². The van der Waals surface area contributed by atoms with Gasteiger partial charge in [-0.25, -0.2) is 0 Å². The van der Waals surface area contributed by atoms with Crippen molar-refractivity contribution >= 4 is 17.5 Å². The SMILES string of the molecule is O=C(C1CC1c1ccccc1)N1CCCC(CCCl)C1. The molecule has 1 aromatic carbocycles. The molecule has 0 radical (unpaired) electrons. The molecule has 1 saturated heterocycles. The van der Waals surface area contributed by atoms with Crippen LogP contribution in [-0.4, -0.2) is 29.8 Å². The molecule has 0 spiro atoms. The predicted octanol–water partition coefficient (Wildman–Crippen LogP) is 3.66. The molecule has 0 aromatic heterocycles. The highest BCUT2D eigenvalue weighted by Gasteiger charge is 2.46. The summed E-state index contributed by atoms with van der Waals surface area (Å²) in [6, 6.07) is 10.4. The first kappa shape index (κ1) is 13.9. The number of benzene rings is 1. The highest BCUT2D eigenvalue weighted by Crippen LogP contribution is 2.48. The topological polar surface area (TPSA) is 20.3 Å². The molecule has 3 rings (SSSR count). The van der Waals surface area contributed by atoms with Gasteiger partial charge in [-0.2, -0.15) is 0 Å². The van der Waals surface area contributed by atoms with Gasteiger partial charge < -0.3 is 4.90 Å². The molecule has 2 nitrogen and oxygen atoms in total. The molecular weight excluding hydrogens is 270 g/mol. The van der Waals surface area contributed by atoms with Crippen LogP contribution in [0.4, 0.5) is 0 Å². The van der Waals surface area contributed by atoms with E-state index < -0.39 is 0 Å². The van der Waals surface area contributed by atoms with Crippen molar-refractivity contribution in [2.75, 3.05) is 19.0 Å². The van der Waals surface area contributed by atoms with Crippen LogP contribution in [0.15, 0.2) is 30.3 Å². The number of likely N-dealkylation sites (tertiary alicyclic amines) is 1. The van der Waals surface area contributed by atoms with Crippen molar-refractivity contribution in [2.45, 2.75) is 31.6 Å². The lowest BCUT2D eigenvalue weighted by Gasteiger charge is -2.32. The van der Waals surface area contributed by atoms with Crippen LogP contribution in [-0.2, 0) is 4.79 Å². The maximum Gasteiger partial charge on any atom is 0.226 e. The molecule has 108 valence electrons. The Morgan fingerprint density at radius 2 is 2.10 bits per heavy atom. The highest BCUT2D eigenvalue weighted by atomic mass is 35.5. The van der Waals surface area contributed by atoms with Gasteiger partial charge in [0.25, 0.3) is 0 Å². The molecular formula is C17H22ClNO. The minimum atomic E-state index is 0.229. The summed E-state index contributed by atoms with van der Waals surface area (Å²) in [5.41, 5.74) is 1.32. The Hall–Kier alpha value is -1.02. The molecule has 3 unspecified atom stereocenters. The Kier molecular flexibility index (Phi) is 4.30. The average Bonchev–Trinajstić information content (AvgIpc) is 3.29. The molecule has 2 fully saturated rings. The molecule has 1 aromatic rings. The molecule has 0 bridgehead atoms. The highest BCUT2D eigenvalue weighted by molar-refractivity contribution is 6.17. The number of amides is 1. The number of piperidine rings is 1. The van der Waals surface area contributed by atoms with Crippen molar-refractivity contribution in [1.82, 2.24) is 4.90 Å². The number of carbonyl (C=O) groups is 1. The van der Waals surface area contributed by atoms with Gasteiger partial charge in [0.1, 0.15) is 0 Å². The molecule has 1 aliphatic carbocycles. The third-order valence-electron chi connectivity index (χ3n) is 4.68. The third-order valence-corrected chi connectivity index (χ3v) is 4.90. The summed E-state index contributed by atoms with van der Waals surface area (Å²) < 4.78 is 0. The first-order chi connectivity index (χ1) is 9.79. The van der Waals surface area contributed by atoms with Crippen molar-refractivity contribution < 1.29 is 4.79 Å². The first-order valence-electron chi connectivity index (χ1n) is 7.69. The summed E-state index contributed by atoms with van der Waals surface area (Å²) >= 11 is 5.84. The van der Waals surface area contributed by atoms with Gasteiger partial charge in [-0.15, -0.1) is 11.6 Å². The number of alkyl halides is 1. The quantitative estimate of drug-likeness (QED) is 0.775. The Bertz CT molecular complexity index is 459. The minimum Gasteiger partial charge on any atom is -0.342 e. The van der Waals surface area contributed by atoms with Crippen LogP contribution in [0.1, 0.15) is 37.2 Å². The maximum atomic E-state index is 12.6. The van der Waals surface area contributed by atoms with Gasteiger partial charge >= 0.3 is 0 Å². The second-order valence-corrected chi connectivity index (χ2v) is 6.51. The Morgan fingerprint density at radius 3 is 2.85 bits per heavy atom. The van der Waals surface area contributed by atoms with Gasteiger partial charge in [0.05, 0.1) is 0 Å². The van der Waals surface area contributed by atoms with E-state index in [4.69, 9.17) is 11.6 Å². The number of rotatable bonds is 4. The van der Waals surface area contributed by atoms with Crippen LogP contribution in [0.3, 0.4) is 0 Å². The van der Waals surface area contributed by atoms with E-state index >= 15 is 0 Å². The summed E-state index contributed by atoms with van der Waals surface area (Å²) in [4.78, 5) is 14.7. The molecule has 1 saturated carbocycles. The van der Waals surface area contributed by atoms with Crippen LogP contribution in [0, 0.1) is 11.8 Å². The van der Waals surface area contributed by atoms with Gasteiger partial charge in [-0.05, 0) is 43.1 Å². The van der Waals surface area contributed by atoms with Crippen molar-refractivity contribution in [2.24, 2.45) is 11.8 Å². The average molecular weight is 292 g/mol. The number of hydrogen-bond donors (Lipinski definition) is 0. The van der Waals surface area contributed by atoms with Crippen molar-refractivity contribution in [3.8, 4) is 0 Å². The molecule has 2 aliphatic rings. The van der Waals surface area contributed by atoms with Gasteiger partial charge in [0.2, 0.25) is 5.91 Å². The van der Waals surface area contributed by atoms with Gasteiger partial charge in [0, 0.05) is 24.9 Å². The molecule has 1 amide bonds. The lowest BCUT2D eigenvalue weighted by atomic mass is 9.95. The standard InChI is InChI=1S/C17H22ClNO/c18-9-8-13-5-4-10-19(12-13)17(20)16-11-15(16)14-6-2-1-3-7-14/h1-3,6-7,13,15-16H,4-5,8-12H2. The van der Waals surface area contributed by atoms with E-state index in [0.717, 1.165) is 32.4 Å². The van der Waals surface area contributed by atoms with E-state index in [0.29, 0.717) is 23.6 Å². The number of carbonyl (C=O) groups excluding carboxylic acids is 1. The lowest BCUT2D eigenvalue weighted by Crippen LogP contribution is -2.41. The summed E-state index contributed by atoms with van der Waals surface area (Å²) in [6.07, 6.45) is 4.43. The maximum absolute atomic E-state index is 12.6. The molecule has 1 aliphatic heterocycles. The zero-order valence-corrected chi connectivity index (χ0v) is 12.6. The number of nitrogens with zero attached hydrogens (tertiary/aromatic N) is 1. The van der Waals surface area contributed by atoms with E-state index in [-0.39, 0.29) is 5.92 Å². The Morgan fingerprint density at radius 1 is 1.30 bits per heavy atom. The lowest BCUT2D eigenvalue weighted by molar-refractivity contribution is -0.134. The van der Waals surface area contributed by atoms with Crippen LogP contribution in [0.25, 0.3) is 0 Å². The molecule has 3 heteroatoms.